The highest BCUT2D eigenvalue weighted by Crippen LogP contribution is 2.33. The zero-order valence-corrected chi connectivity index (χ0v) is 16.9. The van der Waals surface area contributed by atoms with E-state index in [1.54, 1.807) is 23.8 Å². The number of carbonyl (C=O) groups is 3. The summed E-state index contributed by atoms with van der Waals surface area (Å²) in [6, 6.07) is 13.1. The third-order valence-electron chi connectivity index (χ3n) is 4.74. The van der Waals surface area contributed by atoms with E-state index in [1.807, 2.05) is 24.3 Å². The molecule has 1 aliphatic heterocycles. The standard InChI is InChI=1S/C22H18FN3O3S/c1-2-26-21(28)19(30-22(26)29)11-14-12-25(18-6-4-3-5-17(14)18)13-20(27)24-16-9-7-15(23)8-10-16/h3-12H,2,13H2,1H3,(H,24,27)/b19-11+. The van der Waals surface area contributed by atoms with Crippen molar-refractivity contribution in [1.82, 2.24) is 9.47 Å². The molecule has 1 N–H and O–H groups in total. The number of carbonyl (C=O) groups excluding carboxylic acids is 3. The lowest BCUT2D eigenvalue weighted by atomic mass is 10.1. The Morgan fingerprint density at radius 1 is 1.13 bits per heavy atom. The van der Waals surface area contributed by atoms with Crippen molar-refractivity contribution in [2.45, 2.75) is 13.5 Å². The highest BCUT2D eigenvalue weighted by Gasteiger charge is 2.33. The van der Waals surface area contributed by atoms with Gasteiger partial charge in [0.15, 0.2) is 0 Å². The van der Waals surface area contributed by atoms with Crippen LogP contribution in [0.15, 0.2) is 59.6 Å². The number of likely N-dealkylation sites (N-methyl/N-ethyl adjacent to an activating group) is 1. The summed E-state index contributed by atoms with van der Waals surface area (Å²) in [5.41, 5.74) is 2.08. The third kappa shape index (κ3) is 3.86. The summed E-state index contributed by atoms with van der Waals surface area (Å²) in [4.78, 5) is 38.4. The number of anilines is 1. The van der Waals surface area contributed by atoms with Crippen LogP contribution in [0.5, 0.6) is 0 Å². The summed E-state index contributed by atoms with van der Waals surface area (Å²) in [6.07, 6.45) is 3.48. The SMILES string of the molecule is CCN1C(=O)S/C(=C/c2cn(CC(=O)Nc3ccc(F)cc3)c3ccccc23)C1=O. The van der Waals surface area contributed by atoms with Crippen LogP contribution in [0.3, 0.4) is 0 Å². The van der Waals surface area contributed by atoms with Crippen LogP contribution in [0.1, 0.15) is 12.5 Å². The number of nitrogens with zero attached hydrogens (tertiary/aromatic N) is 2. The van der Waals surface area contributed by atoms with Gasteiger partial charge in [-0.25, -0.2) is 4.39 Å². The average molecular weight is 423 g/mol. The Labute approximate surface area is 176 Å². The highest BCUT2D eigenvalue weighted by molar-refractivity contribution is 8.18. The molecular weight excluding hydrogens is 405 g/mol. The Morgan fingerprint density at radius 3 is 2.57 bits per heavy atom. The maximum atomic E-state index is 13.0. The second-order valence-electron chi connectivity index (χ2n) is 6.71. The zero-order valence-electron chi connectivity index (χ0n) is 16.1. The molecule has 1 fully saturated rings. The van der Waals surface area contributed by atoms with Crippen LogP contribution in [0.25, 0.3) is 17.0 Å². The highest BCUT2D eigenvalue weighted by atomic mass is 32.2. The van der Waals surface area contributed by atoms with Gasteiger partial charge in [-0.3, -0.25) is 19.3 Å². The maximum Gasteiger partial charge on any atom is 0.293 e. The van der Waals surface area contributed by atoms with Crippen molar-refractivity contribution in [3.05, 3.63) is 71.0 Å². The molecule has 1 aliphatic rings. The van der Waals surface area contributed by atoms with E-state index in [1.165, 1.54) is 29.2 Å². The molecule has 6 nitrogen and oxygen atoms in total. The molecule has 0 radical (unpaired) electrons. The summed E-state index contributed by atoms with van der Waals surface area (Å²) in [7, 11) is 0. The number of hydrogen-bond acceptors (Lipinski definition) is 4. The topological polar surface area (TPSA) is 71.4 Å². The van der Waals surface area contributed by atoms with E-state index in [-0.39, 0.29) is 29.4 Å². The number of amides is 3. The molecule has 1 aromatic heterocycles. The van der Waals surface area contributed by atoms with Crippen molar-refractivity contribution < 1.29 is 18.8 Å². The lowest BCUT2D eigenvalue weighted by molar-refractivity contribution is -0.122. The fourth-order valence-electron chi connectivity index (χ4n) is 3.32. The van der Waals surface area contributed by atoms with Crippen molar-refractivity contribution in [3.8, 4) is 0 Å². The number of rotatable bonds is 5. The number of hydrogen-bond donors (Lipinski definition) is 1. The minimum absolute atomic E-state index is 0.0438. The van der Waals surface area contributed by atoms with Crippen molar-refractivity contribution in [1.29, 1.82) is 0 Å². The number of fused-ring (bicyclic) bond motifs is 1. The monoisotopic (exact) mass is 423 g/mol. The Morgan fingerprint density at radius 2 is 1.87 bits per heavy atom. The first-order chi connectivity index (χ1) is 14.5. The minimum Gasteiger partial charge on any atom is -0.337 e. The first kappa shape index (κ1) is 19.9. The molecule has 2 aromatic carbocycles. The molecule has 0 unspecified atom stereocenters. The van der Waals surface area contributed by atoms with Crippen LogP contribution in [0.2, 0.25) is 0 Å². The molecule has 1 saturated heterocycles. The second kappa shape index (κ2) is 8.16. The van der Waals surface area contributed by atoms with E-state index in [0.717, 1.165) is 28.2 Å². The molecule has 8 heteroatoms. The van der Waals surface area contributed by atoms with Gasteiger partial charge in [-0.05, 0) is 55.1 Å². The molecule has 0 aliphatic carbocycles. The van der Waals surface area contributed by atoms with Gasteiger partial charge in [0.05, 0.1) is 4.91 Å². The first-order valence-electron chi connectivity index (χ1n) is 9.35. The molecule has 3 aromatic rings. The number of benzene rings is 2. The van der Waals surface area contributed by atoms with Gasteiger partial charge in [-0.1, -0.05) is 18.2 Å². The summed E-state index contributed by atoms with van der Waals surface area (Å²) in [6.45, 7) is 2.13. The Kier molecular flexibility index (Phi) is 5.41. The Hall–Kier alpha value is -3.39. The summed E-state index contributed by atoms with van der Waals surface area (Å²) < 4.78 is 14.8. The molecule has 0 saturated carbocycles. The quantitative estimate of drug-likeness (QED) is 0.615. The van der Waals surface area contributed by atoms with E-state index in [9.17, 15) is 18.8 Å². The predicted octanol–water partition coefficient (Wildman–Crippen LogP) is 4.48. The number of aromatic nitrogens is 1. The summed E-state index contributed by atoms with van der Waals surface area (Å²) >= 11 is 0.915. The van der Waals surface area contributed by atoms with Gasteiger partial charge in [-0.2, -0.15) is 0 Å². The third-order valence-corrected chi connectivity index (χ3v) is 5.65. The second-order valence-corrected chi connectivity index (χ2v) is 7.70. The van der Waals surface area contributed by atoms with Gasteiger partial charge in [0, 0.05) is 34.9 Å². The first-order valence-corrected chi connectivity index (χ1v) is 10.2. The molecule has 3 amide bonds. The zero-order chi connectivity index (χ0) is 21.3. The number of thioether (sulfide) groups is 1. The van der Waals surface area contributed by atoms with E-state index in [4.69, 9.17) is 0 Å². The van der Waals surface area contributed by atoms with Crippen LogP contribution in [-0.2, 0) is 16.1 Å². The molecule has 0 bridgehead atoms. The van der Waals surface area contributed by atoms with Crippen molar-refractivity contribution in [2.75, 3.05) is 11.9 Å². The van der Waals surface area contributed by atoms with Gasteiger partial charge in [0.2, 0.25) is 5.91 Å². The number of imide groups is 1. The van der Waals surface area contributed by atoms with Crippen LogP contribution in [0.4, 0.5) is 14.9 Å². The molecular formula is C22H18FN3O3S. The van der Waals surface area contributed by atoms with Crippen LogP contribution in [-0.4, -0.2) is 33.1 Å². The molecule has 152 valence electrons. The van der Waals surface area contributed by atoms with Crippen LogP contribution in [0, 0.1) is 5.82 Å². The minimum atomic E-state index is -0.374. The average Bonchev–Trinajstić information content (AvgIpc) is 3.20. The van der Waals surface area contributed by atoms with Gasteiger partial charge in [0.25, 0.3) is 11.1 Å². The number of nitrogens with one attached hydrogen (secondary N) is 1. The summed E-state index contributed by atoms with van der Waals surface area (Å²) in [5.74, 6) is -0.944. The van der Waals surface area contributed by atoms with Crippen molar-refractivity contribution >= 4 is 51.5 Å². The molecule has 0 atom stereocenters. The fraction of sp³-hybridized carbons (Fsp3) is 0.136. The van der Waals surface area contributed by atoms with Crippen LogP contribution >= 0.6 is 11.8 Å². The predicted molar refractivity (Wildman–Crippen MR) is 115 cm³/mol. The molecule has 2 heterocycles. The van der Waals surface area contributed by atoms with Gasteiger partial charge >= 0.3 is 0 Å². The van der Waals surface area contributed by atoms with E-state index >= 15 is 0 Å². The van der Waals surface area contributed by atoms with Crippen LogP contribution < -0.4 is 5.32 Å². The molecule has 4 rings (SSSR count). The normalized spacial score (nSPS) is 15.4. The fourth-order valence-corrected chi connectivity index (χ4v) is 4.22. The van der Waals surface area contributed by atoms with E-state index in [2.05, 4.69) is 5.32 Å². The largest absolute Gasteiger partial charge is 0.337 e. The molecule has 0 spiro atoms. The Balaban J connectivity index is 1.62. The van der Waals surface area contributed by atoms with Gasteiger partial charge < -0.3 is 9.88 Å². The Bertz CT molecular complexity index is 1180. The van der Waals surface area contributed by atoms with Crippen molar-refractivity contribution in [2.24, 2.45) is 0 Å². The molecule has 30 heavy (non-hydrogen) atoms. The smallest absolute Gasteiger partial charge is 0.293 e. The summed E-state index contributed by atoms with van der Waals surface area (Å²) in [5, 5.41) is 3.33. The van der Waals surface area contributed by atoms with Crippen molar-refractivity contribution in [3.63, 3.8) is 0 Å². The van der Waals surface area contributed by atoms with Gasteiger partial charge in [-0.15, -0.1) is 0 Å². The number of para-hydroxylation sites is 1. The maximum absolute atomic E-state index is 13.0. The van der Waals surface area contributed by atoms with E-state index in [0.29, 0.717) is 17.1 Å². The van der Waals surface area contributed by atoms with Gasteiger partial charge in [0.1, 0.15) is 12.4 Å². The lowest BCUT2D eigenvalue weighted by Gasteiger charge is -2.07. The van der Waals surface area contributed by atoms with E-state index < -0.39 is 0 Å². The lowest BCUT2D eigenvalue weighted by Crippen LogP contribution is -2.27. The number of halogens is 1.